The van der Waals surface area contributed by atoms with E-state index in [1.807, 2.05) is 37.3 Å². The molecule has 2 N–H and O–H groups in total. The predicted molar refractivity (Wildman–Crippen MR) is 91.0 cm³/mol. The molecule has 1 aliphatic rings. The number of para-hydroxylation sites is 1. The number of anilines is 1. The summed E-state index contributed by atoms with van der Waals surface area (Å²) < 4.78 is 0. The van der Waals surface area contributed by atoms with E-state index in [1.165, 1.54) is 12.8 Å². The molecule has 0 unspecified atom stereocenters. The van der Waals surface area contributed by atoms with Gasteiger partial charge in [0.25, 0.3) is 0 Å². The van der Waals surface area contributed by atoms with Gasteiger partial charge in [0, 0.05) is 25.3 Å². The van der Waals surface area contributed by atoms with Crippen LogP contribution in [0.1, 0.15) is 26.7 Å². The minimum absolute atomic E-state index is 0.0908. The minimum atomic E-state index is -0.0908. The number of hydrogen-bond acceptors (Lipinski definition) is 2. The van der Waals surface area contributed by atoms with Gasteiger partial charge in [-0.05, 0) is 37.8 Å². The summed E-state index contributed by atoms with van der Waals surface area (Å²) >= 11 is 0. The summed E-state index contributed by atoms with van der Waals surface area (Å²) in [4.78, 5) is 18.7. The number of carbonyl (C=O) groups is 1. The molecule has 1 amide bonds. The lowest BCUT2D eigenvalue weighted by atomic mass is 10.00. The van der Waals surface area contributed by atoms with Gasteiger partial charge in [0.1, 0.15) is 6.54 Å². The maximum Gasteiger partial charge on any atom is 0.246 e. The van der Waals surface area contributed by atoms with Crippen molar-refractivity contribution < 1.29 is 4.79 Å². The van der Waals surface area contributed by atoms with E-state index in [4.69, 9.17) is 0 Å². The molecule has 1 aromatic rings. The molecule has 0 aliphatic carbocycles. The first kappa shape index (κ1) is 16.3. The quantitative estimate of drug-likeness (QED) is 0.663. The van der Waals surface area contributed by atoms with E-state index in [0.717, 1.165) is 37.2 Å². The highest BCUT2D eigenvalue weighted by Gasteiger charge is 2.18. The molecule has 0 aromatic heterocycles. The summed E-state index contributed by atoms with van der Waals surface area (Å²) in [7, 11) is 0. The zero-order valence-electron chi connectivity index (χ0n) is 13.5. The number of rotatable bonds is 4. The first-order valence-corrected chi connectivity index (χ1v) is 8.07. The molecule has 1 saturated heterocycles. The van der Waals surface area contributed by atoms with Crippen molar-refractivity contribution in [2.24, 2.45) is 10.9 Å². The van der Waals surface area contributed by atoms with Crippen LogP contribution in [0.25, 0.3) is 0 Å². The average molecular weight is 302 g/mol. The molecule has 1 heterocycles. The van der Waals surface area contributed by atoms with E-state index >= 15 is 0 Å². The number of guanidine groups is 1. The van der Waals surface area contributed by atoms with Crippen LogP contribution in [0, 0.1) is 5.92 Å². The molecule has 0 spiro atoms. The van der Waals surface area contributed by atoms with Gasteiger partial charge in [-0.2, -0.15) is 0 Å². The van der Waals surface area contributed by atoms with Crippen molar-refractivity contribution >= 4 is 17.6 Å². The SMILES string of the molecule is CCNC(=NCC(=O)Nc1ccccc1)N1CCC(C)CC1. The first-order chi connectivity index (χ1) is 10.7. The predicted octanol–water partition coefficient (Wildman–Crippen LogP) is 2.32. The van der Waals surface area contributed by atoms with Crippen molar-refractivity contribution in [3.8, 4) is 0 Å². The highest BCUT2D eigenvalue weighted by molar-refractivity contribution is 5.94. The number of benzene rings is 1. The van der Waals surface area contributed by atoms with Gasteiger partial charge in [-0.1, -0.05) is 25.1 Å². The van der Waals surface area contributed by atoms with Crippen LogP contribution < -0.4 is 10.6 Å². The van der Waals surface area contributed by atoms with Crippen LogP contribution in [-0.2, 0) is 4.79 Å². The summed E-state index contributed by atoms with van der Waals surface area (Å²) in [5, 5.41) is 6.14. The zero-order valence-corrected chi connectivity index (χ0v) is 13.5. The molecular formula is C17H26N4O. The Labute approximate surface area is 132 Å². The molecule has 1 fully saturated rings. The number of likely N-dealkylation sites (tertiary alicyclic amines) is 1. The fourth-order valence-electron chi connectivity index (χ4n) is 2.51. The molecule has 0 bridgehead atoms. The van der Waals surface area contributed by atoms with Crippen LogP contribution in [-0.4, -0.2) is 42.9 Å². The summed E-state index contributed by atoms with van der Waals surface area (Å²) in [5.41, 5.74) is 0.805. The second kappa shape index (κ2) is 8.41. The molecule has 1 aromatic carbocycles. The number of aliphatic imine (C=N–C) groups is 1. The molecular weight excluding hydrogens is 276 g/mol. The standard InChI is InChI=1S/C17H26N4O/c1-3-18-17(21-11-9-14(2)10-12-21)19-13-16(22)20-15-7-5-4-6-8-15/h4-8,14H,3,9-13H2,1-2H3,(H,18,19)(H,20,22). The maximum atomic E-state index is 12.0. The third-order valence-corrected chi connectivity index (χ3v) is 3.85. The monoisotopic (exact) mass is 302 g/mol. The lowest BCUT2D eigenvalue weighted by Gasteiger charge is -2.32. The van der Waals surface area contributed by atoms with E-state index in [0.29, 0.717) is 0 Å². The van der Waals surface area contributed by atoms with Crippen molar-refractivity contribution in [1.29, 1.82) is 0 Å². The Hall–Kier alpha value is -2.04. The van der Waals surface area contributed by atoms with Gasteiger partial charge in [-0.25, -0.2) is 4.99 Å². The van der Waals surface area contributed by atoms with Gasteiger partial charge < -0.3 is 15.5 Å². The van der Waals surface area contributed by atoms with Crippen molar-refractivity contribution in [3.05, 3.63) is 30.3 Å². The third-order valence-electron chi connectivity index (χ3n) is 3.85. The zero-order chi connectivity index (χ0) is 15.8. The molecule has 1 aliphatic heterocycles. The number of piperidine rings is 1. The van der Waals surface area contributed by atoms with Crippen LogP contribution in [0.4, 0.5) is 5.69 Å². The summed E-state index contributed by atoms with van der Waals surface area (Å²) in [6.07, 6.45) is 2.36. The molecule has 2 rings (SSSR count). The largest absolute Gasteiger partial charge is 0.357 e. The van der Waals surface area contributed by atoms with E-state index in [1.54, 1.807) is 0 Å². The van der Waals surface area contributed by atoms with E-state index < -0.39 is 0 Å². The summed E-state index contributed by atoms with van der Waals surface area (Å²) in [5.74, 6) is 1.53. The summed E-state index contributed by atoms with van der Waals surface area (Å²) in [6.45, 7) is 7.30. The van der Waals surface area contributed by atoms with Crippen LogP contribution in [0.3, 0.4) is 0 Å². The van der Waals surface area contributed by atoms with Crippen LogP contribution in [0.5, 0.6) is 0 Å². The number of amides is 1. The molecule has 5 nitrogen and oxygen atoms in total. The first-order valence-electron chi connectivity index (χ1n) is 8.07. The normalized spacial score (nSPS) is 16.5. The molecule has 5 heteroatoms. The van der Waals surface area contributed by atoms with Crippen LogP contribution in [0.2, 0.25) is 0 Å². The Balaban J connectivity index is 1.90. The van der Waals surface area contributed by atoms with Crippen molar-refractivity contribution in [1.82, 2.24) is 10.2 Å². The Morgan fingerprint density at radius 1 is 1.27 bits per heavy atom. The smallest absolute Gasteiger partial charge is 0.246 e. The van der Waals surface area contributed by atoms with Crippen LogP contribution >= 0.6 is 0 Å². The topological polar surface area (TPSA) is 56.7 Å². The second-order valence-corrected chi connectivity index (χ2v) is 5.75. The van der Waals surface area contributed by atoms with Crippen molar-refractivity contribution in [2.45, 2.75) is 26.7 Å². The average Bonchev–Trinajstić information content (AvgIpc) is 2.53. The highest BCUT2D eigenvalue weighted by Crippen LogP contribution is 2.15. The Morgan fingerprint density at radius 2 is 1.95 bits per heavy atom. The number of nitrogens with zero attached hydrogens (tertiary/aromatic N) is 2. The third kappa shape index (κ3) is 5.06. The number of nitrogens with one attached hydrogen (secondary N) is 2. The lowest BCUT2D eigenvalue weighted by molar-refractivity contribution is -0.114. The molecule has 22 heavy (non-hydrogen) atoms. The lowest BCUT2D eigenvalue weighted by Crippen LogP contribution is -2.45. The van der Waals surface area contributed by atoms with E-state index in [-0.39, 0.29) is 12.5 Å². The van der Waals surface area contributed by atoms with Crippen molar-refractivity contribution in [3.63, 3.8) is 0 Å². The molecule has 0 radical (unpaired) electrons. The van der Waals surface area contributed by atoms with E-state index in [2.05, 4.69) is 27.4 Å². The highest BCUT2D eigenvalue weighted by atomic mass is 16.1. The maximum absolute atomic E-state index is 12.0. The fourth-order valence-corrected chi connectivity index (χ4v) is 2.51. The Bertz CT molecular complexity index is 493. The molecule has 0 saturated carbocycles. The fraction of sp³-hybridized carbons (Fsp3) is 0.529. The molecule has 120 valence electrons. The summed E-state index contributed by atoms with van der Waals surface area (Å²) in [6, 6.07) is 9.47. The number of carbonyl (C=O) groups excluding carboxylic acids is 1. The van der Waals surface area contributed by atoms with Gasteiger partial charge in [0.2, 0.25) is 5.91 Å². The van der Waals surface area contributed by atoms with Crippen LogP contribution in [0.15, 0.2) is 35.3 Å². The van der Waals surface area contributed by atoms with Gasteiger partial charge in [-0.3, -0.25) is 4.79 Å². The number of hydrogen-bond donors (Lipinski definition) is 2. The van der Waals surface area contributed by atoms with Gasteiger partial charge >= 0.3 is 0 Å². The Kier molecular flexibility index (Phi) is 6.25. The van der Waals surface area contributed by atoms with Gasteiger partial charge in [0.05, 0.1) is 0 Å². The molecule has 0 atom stereocenters. The van der Waals surface area contributed by atoms with Gasteiger partial charge in [-0.15, -0.1) is 0 Å². The van der Waals surface area contributed by atoms with E-state index in [9.17, 15) is 4.79 Å². The second-order valence-electron chi connectivity index (χ2n) is 5.75. The van der Waals surface area contributed by atoms with Crippen molar-refractivity contribution in [2.75, 3.05) is 31.5 Å². The van der Waals surface area contributed by atoms with Gasteiger partial charge in [0.15, 0.2) is 5.96 Å². The Morgan fingerprint density at radius 3 is 2.59 bits per heavy atom. The minimum Gasteiger partial charge on any atom is -0.357 e.